The summed E-state index contributed by atoms with van der Waals surface area (Å²) < 4.78 is 1.88. The second kappa shape index (κ2) is 5.49. The zero-order valence-corrected chi connectivity index (χ0v) is 10.5. The van der Waals surface area contributed by atoms with Crippen molar-refractivity contribution in [2.75, 3.05) is 20.6 Å². The zero-order valence-electron chi connectivity index (χ0n) is 9.79. The summed E-state index contributed by atoms with van der Waals surface area (Å²) in [6.07, 6.45) is 1.67. The van der Waals surface area contributed by atoms with Crippen LogP contribution in [-0.4, -0.2) is 41.1 Å². The van der Waals surface area contributed by atoms with Crippen molar-refractivity contribution in [3.63, 3.8) is 0 Å². The number of likely N-dealkylation sites (N-methyl/N-ethyl adjacent to an activating group) is 1. The van der Waals surface area contributed by atoms with E-state index in [-0.39, 0.29) is 0 Å². The van der Waals surface area contributed by atoms with Crippen LogP contribution in [0.15, 0.2) is 6.20 Å². The van der Waals surface area contributed by atoms with E-state index in [0.29, 0.717) is 11.2 Å². The molecule has 86 valence electrons. The van der Waals surface area contributed by atoms with Crippen LogP contribution < -0.4 is 5.32 Å². The normalized spacial score (nSPS) is 13.5. The summed E-state index contributed by atoms with van der Waals surface area (Å²) in [7, 11) is 6.07. The van der Waals surface area contributed by atoms with E-state index in [2.05, 4.69) is 36.2 Å². The van der Waals surface area contributed by atoms with Gasteiger partial charge in [-0.05, 0) is 21.0 Å². The van der Waals surface area contributed by atoms with Crippen molar-refractivity contribution < 1.29 is 0 Å². The first-order valence-electron chi connectivity index (χ1n) is 5.05. The van der Waals surface area contributed by atoms with E-state index in [1.54, 1.807) is 6.20 Å². The molecule has 0 saturated carbocycles. The van der Waals surface area contributed by atoms with Crippen LogP contribution >= 0.6 is 11.6 Å². The fourth-order valence-electron chi connectivity index (χ4n) is 1.16. The largest absolute Gasteiger partial charge is 0.321 e. The molecule has 1 aromatic rings. The number of rotatable bonds is 5. The first kappa shape index (κ1) is 12.5. The first-order valence-corrected chi connectivity index (χ1v) is 5.43. The van der Waals surface area contributed by atoms with Crippen LogP contribution in [0.5, 0.6) is 0 Å². The average molecular weight is 231 g/mol. The van der Waals surface area contributed by atoms with Crippen molar-refractivity contribution in [3.05, 3.63) is 17.2 Å². The monoisotopic (exact) mass is 230 g/mol. The Labute approximate surface area is 96.2 Å². The molecule has 1 N–H and O–H groups in total. The number of imidazole rings is 1. The Morgan fingerprint density at radius 3 is 2.73 bits per heavy atom. The van der Waals surface area contributed by atoms with Gasteiger partial charge >= 0.3 is 0 Å². The van der Waals surface area contributed by atoms with Gasteiger partial charge < -0.3 is 14.8 Å². The maximum absolute atomic E-state index is 5.89. The van der Waals surface area contributed by atoms with Gasteiger partial charge in [0.25, 0.3) is 0 Å². The van der Waals surface area contributed by atoms with Gasteiger partial charge in [-0.2, -0.15) is 0 Å². The van der Waals surface area contributed by atoms with Crippen molar-refractivity contribution in [2.45, 2.75) is 19.5 Å². The van der Waals surface area contributed by atoms with E-state index < -0.39 is 0 Å². The second-order valence-corrected chi connectivity index (χ2v) is 4.39. The van der Waals surface area contributed by atoms with Crippen LogP contribution in [0.3, 0.4) is 0 Å². The molecule has 0 aliphatic rings. The average Bonchev–Trinajstić information content (AvgIpc) is 2.49. The van der Waals surface area contributed by atoms with Crippen LogP contribution in [0.1, 0.15) is 12.7 Å². The highest BCUT2D eigenvalue weighted by atomic mass is 35.5. The molecule has 4 nitrogen and oxygen atoms in total. The molecule has 1 heterocycles. The Morgan fingerprint density at radius 1 is 1.60 bits per heavy atom. The molecule has 0 spiro atoms. The third kappa shape index (κ3) is 3.48. The van der Waals surface area contributed by atoms with E-state index in [9.17, 15) is 0 Å². The highest BCUT2D eigenvalue weighted by Gasteiger charge is 2.06. The molecule has 15 heavy (non-hydrogen) atoms. The van der Waals surface area contributed by atoms with Gasteiger partial charge in [0.1, 0.15) is 11.0 Å². The summed E-state index contributed by atoms with van der Waals surface area (Å²) >= 11 is 5.89. The molecular weight excluding hydrogens is 212 g/mol. The lowest BCUT2D eigenvalue weighted by molar-refractivity contribution is 0.301. The highest BCUT2D eigenvalue weighted by molar-refractivity contribution is 6.29. The van der Waals surface area contributed by atoms with Gasteiger partial charge in [0.15, 0.2) is 0 Å². The lowest BCUT2D eigenvalue weighted by atomic mass is 10.3. The van der Waals surface area contributed by atoms with Gasteiger partial charge in [0.05, 0.1) is 12.7 Å². The Balaban J connectivity index is 2.35. The summed E-state index contributed by atoms with van der Waals surface area (Å²) in [6, 6.07) is 0.515. The van der Waals surface area contributed by atoms with Crippen molar-refractivity contribution in [1.29, 1.82) is 0 Å². The lowest BCUT2D eigenvalue weighted by Gasteiger charge is -2.19. The second-order valence-electron chi connectivity index (χ2n) is 4.00. The molecule has 0 saturated heterocycles. The number of halogens is 1. The minimum absolute atomic E-state index is 0.515. The summed E-state index contributed by atoms with van der Waals surface area (Å²) in [5.41, 5.74) is 0. The standard InChI is InChI=1S/C10H19ClN4/c1-8(14(2)3)5-12-7-10-13-6-9(11)15(10)4/h6,8,12H,5,7H2,1-4H3. The topological polar surface area (TPSA) is 33.1 Å². The van der Waals surface area contributed by atoms with E-state index in [1.165, 1.54) is 0 Å². The van der Waals surface area contributed by atoms with E-state index >= 15 is 0 Å². The molecule has 0 fully saturated rings. The van der Waals surface area contributed by atoms with Crippen molar-refractivity contribution in [1.82, 2.24) is 19.8 Å². The summed E-state index contributed by atoms with van der Waals surface area (Å²) in [5, 5.41) is 4.03. The van der Waals surface area contributed by atoms with Crippen molar-refractivity contribution >= 4 is 11.6 Å². The third-order valence-corrected chi connectivity index (χ3v) is 2.98. The Kier molecular flexibility index (Phi) is 4.57. The molecule has 1 rings (SSSR count). The van der Waals surface area contributed by atoms with Gasteiger partial charge in [0.2, 0.25) is 0 Å². The number of nitrogens with zero attached hydrogens (tertiary/aromatic N) is 3. The number of nitrogens with one attached hydrogen (secondary N) is 1. The maximum atomic E-state index is 5.89. The van der Waals surface area contributed by atoms with Gasteiger partial charge in [-0.3, -0.25) is 0 Å². The van der Waals surface area contributed by atoms with Gasteiger partial charge in [-0.25, -0.2) is 4.98 Å². The Morgan fingerprint density at radius 2 is 2.27 bits per heavy atom. The van der Waals surface area contributed by atoms with Gasteiger partial charge in [-0.1, -0.05) is 11.6 Å². The first-order chi connectivity index (χ1) is 7.02. The highest BCUT2D eigenvalue weighted by Crippen LogP contribution is 2.08. The van der Waals surface area contributed by atoms with Gasteiger partial charge in [0, 0.05) is 19.6 Å². The number of aromatic nitrogens is 2. The molecule has 1 unspecified atom stereocenters. The van der Waals surface area contributed by atoms with E-state index in [1.807, 2.05) is 11.6 Å². The quantitative estimate of drug-likeness (QED) is 0.823. The minimum Gasteiger partial charge on any atom is -0.321 e. The number of hydrogen-bond acceptors (Lipinski definition) is 3. The Hall–Kier alpha value is -0.580. The third-order valence-electron chi connectivity index (χ3n) is 2.63. The van der Waals surface area contributed by atoms with Crippen molar-refractivity contribution in [2.24, 2.45) is 7.05 Å². The lowest BCUT2D eigenvalue weighted by Crippen LogP contribution is -2.35. The molecule has 0 bridgehead atoms. The molecule has 1 aromatic heterocycles. The SMILES string of the molecule is CC(CNCc1ncc(Cl)n1C)N(C)C. The van der Waals surface area contributed by atoms with Crippen LogP contribution in [-0.2, 0) is 13.6 Å². The van der Waals surface area contributed by atoms with E-state index in [0.717, 1.165) is 18.9 Å². The summed E-state index contributed by atoms with van der Waals surface area (Å²) in [5.74, 6) is 0.964. The molecule has 0 aliphatic carbocycles. The fourth-order valence-corrected chi connectivity index (χ4v) is 1.31. The molecule has 1 atom stereocenters. The van der Waals surface area contributed by atoms with Crippen LogP contribution in [0, 0.1) is 0 Å². The minimum atomic E-state index is 0.515. The van der Waals surface area contributed by atoms with Gasteiger partial charge in [-0.15, -0.1) is 0 Å². The van der Waals surface area contributed by atoms with Crippen LogP contribution in [0.2, 0.25) is 5.15 Å². The Bertz CT molecular complexity index is 308. The molecule has 0 aliphatic heterocycles. The van der Waals surface area contributed by atoms with Crippen molar-refractivity contribution in [3.8, 4) is 0 Å². The molecule has 0 amide bonds. The predicted molar refractivity (Wildman–Crippen MR) is 63.1 cm³/mol. The number of hydrogen-bond donors (Lipinski definition) is 1. The predicted octanol–water partition coefficient (Wildman–Crippen LogP) is 1.11. The summed E-state index contributed by atoms with van der Waals surface area (Å²) in [4.78, 5) is 6.39. The molecular formula is C10H19ClN4. The van der Waals surface area contributed by atoms with E-state index in [4.69, 9.17) is 11.6 Å². The fraction of sp³-hybridized carbons (Fsp3) is 0.700. The summed E-state index contributed by atoms with van der Waals surface area (Å²) in [6.45, 7) is 3.87. The van der Waals surface area contributed by atoms with Crippen LogP contribution in [0.4, 0.5) is 0 Å². The zero-order chi connectivity index (χ0) is 11.4. The molecule has 0 radical (unpaired) electrons. The molecule has 5 heteroatoms. The maximum Gasteiger partial charge on any atom is 0.128 e. The smallest absolute Gasteiger partial charge is 0.128 e. The van der Waals surface area contributed by atoms with Crippen LogP contribution in [0.25, 0.3) is 0 Å². The molecule has 0 aromatic carbocycles.